The average molecular weight is 348 g/mol. The van der Waals surface area contributed by atoms with E-state index in [-0.39, 0.29) is 5.91 Å². The molecule has 1 amide bonds. The van der Waals surface area contributed by atoms with Gasteiger partial charge in [0.25, 0.3) is 5.91 Å². The van der Waals surface area contributed by atoms with Crippen LogP contribution in [0.2, 0.25) is 0 Å². The number of likely N-dealkylation sites (tertiary alicyclic amines) is 1. The van der Waals surface area contributed by atoms with E-state index in [0.717, 1.165) is 48.2 Å². The number of carbonyl (C=O) groups excluding carboxylic acids is 1. The Morgan fingerprint density at radius 1 is 1.04 bits per heavy atom. The van der Waals surface area contributed by atoms with Crippen LogP contribution in [0.5, 0.6) is 0 Å². The highest BCUT2D eigenvalue weighted by atomic mass is 16.2. The summed E-state index contributed by atoms with van der Waals surface area (Å²) >= 11 is 0. The summed E-state index contributed by atoms with van der Waals surface area (Å²) in [6.07, 6.45) is 3.91. The van der Waals surface area contributed by atoms with Crippen molar-refractivity contribution in [3.05, 3.63) is 60.4 Å². The first-order chi connectivity index (χ1) is 12.6. The number of imidazole rings is 1. The molecule has 0 atom stereocenters. The summed E-state index contributed by atoms with van der Waals surface area (Å²) in [6, 6.07) is 16.5. The highest BCUT2D eigenvalue weighted by Crippen LogP contribution is 2.20. The SMILES string of the molecule is CN(C)C1CCN(C(=O)c2ccc(-n3cnc4ccccc43)cc2)CC1. The second-order valence-electron chi connectivity index (χ2n) is 7.14. The van der Waals surface area contributed by atoms with Gasteiger partial charge >= 0.3 is 0 Å². The lowest BCUT2D eigenvalue weighted by molar-refractivity contribution is 0.0663. The molecule has 0 spiro atoms. The predicted octanol–water partition coefficient (Wildman–Crippen LogP) is 3.19. The van der Waals surface area contributed by atoms with E-state index in [1.807, 2.05) is 58.3 Å². The zero-order chi connectivity index (χ0) is 18.1. The normalized spacial score (nSPS) is 15.7. The average Bonchev–Trinajstić information content (AvgIpc) is 3.12. The van der Waals surface area contributed by atoms with Crippen LogP contribution < -0.4 is 0 Å². The number of para-hydroxylation sites is 2. The third kappa shape index (κ3) is 3.10. The van der Waals surface area contributed by atoms with Crippen molar-refractivity contribution in [1.29, 1.82) is 0 Å². The van der Waals surface area contributed by atoms with Crippen LogP contribution in [0.15, 0.2) is 54.9 Å². The molecular weight excluding hydrogens is 324 g/mol. The Morgan fingerprint density at radius 3 is 2.42 bits per heavy atom. The first-order valence-electron chi connectivity index (χ1n) is 9.12. The summed E-state index contributed by atoms with van der Waals surface area (Å²) in [5.74, 6) is 0.129. The lowest BCUT2D eigenvalue weighted by Gasteiger charge is -2.35. The van der Waals surface area contributed by atoms with Crippen LogP contribution in [0.1, 0.15) is 23.2 Å². The molecule has 5 nitrogen and oxygen atoms in total. The van der Waals surface area contributed by atoms with Gasteiger partial charge in [0.15, 0.2) is 0 Å². The summed E-state index contributed by atoms with van der Waals surface area (Å²) in [5.41, 5.74) is 3.80. The number of hydrogen-bond acceptors (Lipinski definition) is 3. The Kier molecular flexibility index (Phi) is 4.47. The van der Waals surface area contributed by atoms with Gasteiger partial charge in [-0.25, -0.2) is 4.98 Å². The van der Waals surface area contributed by atoms with E-state index in [0.29, 0.717) is 6.04 Å². The maximum atomic E-state index is 12.8. The van der Waals surface area contributed by atoms with Crippen molar-refractivity contribution in [2.45, 2.75) is 18.9 Å². The molecule has 0 unspecified atom stereocenters. The summed E-state index contributed by atoms with van der Waals surface area (Å²) in [7, 11) is 4.22. The minimum absolute atomic E-state index is 0.129. The molecule has 134 valence electrons. The number of nitrogens with zero attached hydrogens (tertiary/aromatic N) is 4. The van der Waals surface area contributed by atoms with E-state index in [1.165, 1.54) is 0 Å². The van der Waals surface area contributed by atoms with Crippen molar-refractivity contribution < 1.29 is 4.79 Å². The van der Waals surface area contributed by atoms with Crippen molar-refractivity contribution >= 4 is 16.9 Å². The molecule has 0 N–H and O–H groups in total. The molecule has 1 saturated heterocycles. The number of benzene rings is 2. The fourth-order valence-electron chi connectivity index (χ4n) is 3.70. The van der Waals surface area contributed by atoms with Gasteiger partial charge < -0.3 is 9.80 Å². The van der Waals surface area contributed by atoms with Gasteiger partial charge in [0.05, 0.1) is 11.0 Å². The first kappa shape index (κ1) is 16.8. The van der Waals surface area contributed by atoms with Crippen molar-refractivity contribution in [2.24, 2.45) is 0 Å². The Labute approximate surface area is 153 Å². The van der Waals surface area contributed by atoms with Gasteiger partial charge in [-0.1, -0.05) is 12.1 Å². The lowest BCUT2D eigenvalue weighted by Crippen LogP contribution is -2.44. The van der Waals surface area contributed by atoms with E-state index in [9.17, 15) is 4.79 Å². The first-order valence-corrected chi connectivity index (χ1v) is 9.12. The van der Waals surface area contributed by atoms with Crippen LogP contribution >= 0.6 is 0 Å². The van der Waals surface area contributed by atoms with E-state index in [4.69, 9.17) is 0 Å². The summed E-state index contributed by atoms with van der Waals surface area (Å²) in [6.45, 7) is 1.66. The van der Waals surface area contributed by atoms with E-state index < -0.39 is 0 Å². The van der Waals surface area contributed by atoms with Crippen LogP contribution in [0.25, 0.3) is 16.7 Å². The smallest absolute Gasteiger partial charge is 0.253 e. The second kappa shape index (κ2) is 6.92. The molecule has 1 aliphatic rings. The van der Waals surface area contributed by atoms with Gasteiger partial charge in [0.1, 0.15) is 6.33 Å². The van der Waals surface area contributed by atoms with Gasteiger partial charge in [-0.2, -0.15) is 0 Å². The maximum Gasteiger partial charge on any atom is 0.253 e. The Morgan fingerprint density at radius 2 is 1.73 bits per heavy atom. The lowest BCUT2D eigenvalue weighted by atomic mass is 10.0. The number of amides is 1. The summed E-state index contributed by atoms with van der Waals surface area (Å²) in [5, 5.41) is 0. The van der Waals surface area contributed by atoms with Gasteiger partial charge in [-0.3, -0.25) is 9.36 Å². The number of carbonyl (C=O) groups is 1. The number of fused-ring (bicyclic) bond motifs is 1. The molecule has 1 aromatic heterocycles. The van der Waals surface area contributed by atoms with Gasteiger partial charge in [-0.15, -0.1) is 0 Å². The monoisotopic (exact) mass is 348 g/mol. The molecule has 2 aromatic carbocycles. The topological polar surface area (TPSA) is 41.4 Å². The molecule has 0 bridgehead atoms. The summed E-state index contributed by atoms with van der Waals surface area (Å²) < 4.78 is 2.05. The minimum atomic E-state index is 0.129. The molecule has 4 rings (SSSR count). The van der Waals surface area contributed by atoms with Crippen LogP contribution in [-0.2, 0) is 0 Å². The Balaban J connectivity index is 1.50. The number of hydrogen-bond donors (Lipinski definition) is 0. The molecule has 1 fully saturated rings. The van der Waals surface area contributed by atoms with Crippen molar-refractivity contribution in [3.63, 3.8) is 0 Å². The van der Waals surface area contributed by atoms with E-state index in [2.05, 4.69) is 30.0 Å². The molecule has 26 heavy (non-hydrogen) atoms. The van der Waals surface area contributed by atoms with E-state index >= 15 is 0 Å². The molecule has 2 heterocycles. The number of aromatic nitrogens is 2. The number of rotatable bonds is 3. The number of piperidine rings is 1. The van der Waals surface area contributed by atoms with Gasteiger partial charge in [-0.05, 0) is 63.3 Å². The molecule has 5 heteroatoms. The second-order valence-corrected chi connectivity index (χ2v) is 7.14. The summed E-state index contributed by atoms with van der Waals surface area (Å²) in [4.78, 5) is 21.4. The third-order valence-electron chi connectivity index (χ3n) is 5.33. The standard InChI is InChI=1S/C21H24N4O/c1-23(2)17-11-13-24(14-12-17)21(26)16-7-9-18(10-8-16)25-15-22-19-5-3-4-6-20(19)25/h3-10,15,17H,11-14H2,1-2H3. The minimum Gasteiger partial charge on any atom is -0.339 e. The quantitative estimate of drug-likeness (QED) is 0.730. The van der Waals surface area contributed by atoms with Crippen molar-refractivity contribution in [3.8, 4) is 5.69 Å². The highest BCUT2D eigenvalue weighted by molar-refractivity contribution is 5.94. The Hall–Kier alpha value is -2.66. The zero-order valence-electron chi connectivity index (χ0n) is 15.3. The largest absolute Gasteiger partial charge is 0.339 e. The molecular formula is C21H24N4O. The van der Waals surface area contributed by atoms with E-state index in [1.54, 1.807) is 0 Å². The third-order valence-corrected chi connectivity index (χ3v) is 5.33. The van der Waals surface area contributed by atoms with Crippen molar-refractivity contribution in [2.75, 3.05) is 27.2 Å². The van der Waals surface area contributed by atoms with Crippen LogP contribution in [-0.4, -0.2) is 58.5 Å². The molecule has 0 saturated carbocycles. The molecule has 3 aromatic rings. The Bertz CT molecular complexity index is 905. The predicted molar refractivity (Wildman–Crippen MR) is 104 cm³/mol. The molecule has 1 aliphatic heterocycles. The highest BCUT2D eigenvalue weighted by Gasteiger charge is 2.24. The van der Waals surface area contributed by atoms with Gasteiger partial charge in [0, 0.05) is 30.4 Å². The fraction of sp³-hybridized carbons (Fsp3) is 0.333. The van der Waals surface area contributed by atoms with Crippen LogP contribution in [0.3, 0.4) is 0 Å². The maximum absolute atomic E-state index is 12.8. The molecule has 0 aliphatic carbocycles. The van der Waals surface area contributed by atoms with Crippen LogP contribution in [0.4, 0.5) is 0 Å². The van der Waals surface area contributed by atoms with Crippen molar-refractivity contribution in [1.82, 2.24) is 19.4 Å². The fourth-order valence-corrected chi connectivity index (χ4v) is 3.70. The van der Waals surface area contributed by atoms with Gasteiger partial charge in [0.2, 0.25) is 0 Å². The zero-order valence-corrected chi connectivity index (χ0v) is 15.3. The molecule has 0 radical (unpaired) electrons. The van der Waals surface area contributed by atoms with Crippen LogP contribution in [0, 0.1) is 0 Å².